The van der Waals surface area contributed by atoms with Crippen LogP contribution in [-0.2, 0) is 20.8 Å². The van der Waals surface area contributed by atoms with Crippen molar-refractivity contribution in [3.63, 3.8) is 0 Å². The number of rotatable bonds is 7. The van der Waals surface area contributed by atoms with Crippen LogP contribution in [0.4, 0.5) is 0 Å². The number of primary amides is 1. The summed E-state index contributed by atoms with van der Waals surface area (Å²) in [6.07, 6.45) is 1.33. The van der Waals surface area contributed by atoms with Crippen LogP contribution in [0.2, 0.25) is 0 Å². The molecule has 1 aliphatic rings. The molecule has 1 aromatic rings. The Kier molecular flexibility index (Phi) is 6.52. The summed E-state index contributed by atoms with van der Waals surface area (Å²) in [6.45, 7) is 1.48. The lowest BCUT2D eigenvalue weighted by Gasteiger charge is -2.24. The van der Waals surface area contributed by atoms with Crippen LogP contribution in [0, 0.1) is 0 Å². The number of amides is 3. The molecule has 136 valence electrons. The number of benzene rings is 1. The Balaban J connectivity index is 1.90. The van der Waals surface area contributed by atoms with Gasteiger partial charge in [-0.25, -0.2) is 0 Å². The molecule has 1 aromatic carbocycles. The first-order chi connectivity index (χ1) is 11.9. The highest BCUT2D eigenvalue weighted by atomic mass is 16.3. The van der Waals surface area contributed by atoms with Crippen LogP contribution in [0.1, 0.15) is 31.7 Å². The van der Waals surface area contributed by atoms with Crippen LogP contribution in [-0.4, -0.2) is 52.5 Å². The van der Waals surface area contributed by atoms with Crippen molar-refractivity contribution in [2.75, 3.05) is 6.54 Å². The van der Waals surface area contributed by atoms with Gasteiger partial charge in [0, 0.05) is 19.9 Å². The summed E-state index contributed by atoms with van der Waals surface area (Å²) in [7, 11) is 0. The predicted octanol–water partition coefficient (Wildman–Crippen LogP) is -0.0389. The summed E-state index contributed by atoms with van der Waals surface area (Å²) in [6, 6.07) is 8.29. The molecule has 0 radical (unpaired) electrons. The minimum absolute atomic E-state index is 0.128. The van der Waals surface area contributed by atoms with E-state index in [9.17, 15) is 19.5 Å². The second-order valence-electron chi connectivity index (χ2n) is 6.42. The lowest BCUT2D eigenvalue weighted by Crippen LogP contribution is -2.52. The molecular weight excluding hydrogens is 322 g/mol. The Labute approximate surface area is 147 Å². The minimum Gasteiger partial charge on any atom is -0.391 e. The normalized spacial score (nSPS) is 21.0. The maximum Gasteiger partial charge on any atom is 0.243 e. The van der Waals surface area contributed by atoms with Gasteiger partial charge in [0.2, 0.25) is 17.7 Å². The first-order valence-corrected chi connectivity index (χ1v) is 8.47. The van der Waals surface area contributed by atoms with E-state index in [0.717, 1.165) is 12.0 Å². The van der Waals surface area contributed by atoms with Crippen molar-refractivity contribution in [3.05, 3.63) is 35.9 Å². The molecule has 4 N–H and O–H groups in total. The first-order valence-electron chi connectivity index (χ1n) is 8.47. The number of aryl methyl sites for hydroxylation is 1. The lowest BCUT2D eigenvalue weighted by atomic mass is 10.0. The molecule has 2 rings (SSSR count). The van der Waals surface area contributed by atoms with E-state index in [1.807, 2.05) is 30.3 Å². The van der Waals surface area contributed by atoms with Gasteiger partial charge in [-0.15, -0.1) is 0 Å². The molecule has 1 aliphatic heterocycles. The minimum atomic E-state index is -0.789. The summed E-state index contributed by atoms with van der Waals surface area (Å²) < 4.78 is 0. The molecule has 3 amide bonds. The first kappa shape index (κ1) is 18.9. The van der Waals surface area contributed by atoms with Crippen molar-refractivity contribution in [2.24, 2.45) is 5.73 Å². The number of hydrogen-bond donors (Lipinski definition) is 3. The van der Waals surface area contributed by atoms with Gasteiger partial charge in [0.05, 0.1) is 6.10 Å². The quantitative estimate of drug-likeness (QED) is 0.642. The van der Waals surface area contributed by atoms with Crippen molar-refractivity contribution in [2.45, 2.75) is 50.8 Å². The lowest BCUT2D eigenvalue weighted by molar-refractivity contribution is -0.138. The van der Waals surface area contributed by atoms with Crippen LogP contribution < -0.4 is 11.1 Å². The molecule has 1 fully saturated rings. The molecule has 25 heavy (non-hydrogen) atoms. The molecular formula is C18H25N3O4. The zero-order valence-electron chi connectivity index (χ0n) is 14.4. The van der Waals surface area contributed by atoms with Gasteiger partial charge < -0.3 is 21.1 Å². The van der Waals surface area contributed by atoms with Crippen molar-refractivity contribution in [1.82, 2.24) is 10.2 Å². The number of nitrogens with two attached hydrogens (primary N) is 1. The van der Waals surface area contributed by atoms with E-state index < -0.39 is 30.0 Å². The fraction of sp³-hybridized carbons (Fsp3) is 0.500. The van der Waals surface area contributed by atoms with E-state index in [1.165, 1.54) is 11.8 Å². The number of likely N-dealkylation sites (tertiary alicyclic amines) is 1. The Bertz CT molecular complexity index is 620. The van der Waals surface area contributed by atoms with Gasteiger partial charge >= 0.3 is 0 Å². The van der Waals surface area contributed by atoms with E-state index >= 15 is 0 Å². The second-order valence-corrected chi connectivity index (χ2v) is 6.42. The second kappa shape index (κ2) is 8.62. The SMILES string of the molecule is CC(=O)N1C[C@H](O)C[C@H]1C(=O)N[C@@H](CCCc1ccccc1)C(N)=O. The molecule has 7 nitrogen and oxygen atoms in total. The van der Waals surface area contributed by atoms with E-state index in [0.29, 0.717) is 12.8 Å². The molecule has 7 heteroatoms. The highest BCUT2D eigenvalue weighted by Crippen LogP contribution is 2.18. The number of carbonyl (C=O) groups excluding carboxylic acids is 3. The third kappa shape index (κ3) is 5.29. The van der Waals surface area contributed by atoms with E-state index in [-0.39, 0.29) is 18.9 Å². The average molecular weight is 347 g/mol. The molecule has 0 bridgehead atoms. The standard InChI is InChI=1S/C18H25N3O4/c1-12(22)21-11-14(23)10-16(21)18(25)20-15(17(19)24)9-5-8-13-6-3-2-4-7-13/h2-4,6-7,14-16,23H,5,8-11H2,1H3,(H2,19,24)(H,20,25)/t14-,15+,16+/m1/s1. The number of nitrogens with one attached hydrogen (secondary N) is 1. The van der Waals surface area contributed by atoms with E-state index in [1.54, 1.807) is 0 Å². The Morgan fingerprint density at radius 1 is 1.32 bits per heavy atom. The maximum absolute atomic E-state index is 12.4. The van der Waals surface area contributed by atoms with Gasteiger partial charge in [-0.2, -0.15) is 0 Å². The van der Waals surface area contributed by atoms with Gasteiger partial charge in [0.15, 0.2) is 0 Å². The average Bonchev–Trinajstić information content (AvgIpc) is 2.97. The number of hydrogen-bond acceptors (Lipinski definition) is 4. The summed E-state index contributed by atoms with van der Waals surface area (Å²) in [5.41, 5.74) is 6.55. The molecule has 3 atom stereocenters. The summed E-state index contributed by atoms with van der Waals surface area (Å²) in [4.78, 5) is 37.0. The van der Waals surface area contributed by atoms with Crippen molar-refractivity contribution in [1.29, 1.82) is 0 Å². The van der Waals surface area contributed by atoms with Gasteiger partial charge in [-0.1, -0.05) is 30.3 Å². The fourth-order valence-corrected chi connectivity index (χ4v) is 3.12. The molecule has 0 aromatic heterocycles. The maximum atomic E-state index is 12.4. The fourth-order valence-electron chi connectivity index (χ4n) is 3.12. The monoisotopic (exact) mass is 347 g/mol. The van der Waals surface area contributed by atoms with E-state index in [2.05, 4.69) is 5.32 Å². The molecule has 1 saturated heterocycles. The van der Waals surface area contributed by atoms with Gasteiger partial charge in [-0.3, -0.25) is 14.4 Å². The molecule has 0 unspecified atom stereocenters. The van der Waals surface area contributed by atoms with Crippen LogP contribution in [0.25, 0.3) is 0 Å². The van der Waals surface area contributed by atoms with Gasteiger partial charge in [0.1, 0.15) is 12.1 Å². The molecule has 0 spiro atoms. The van der Waals surface area contributed by atoms with Crippen LogP contribution in [0.15, 0.2) is 30.3 Å². The highest BCUT2D eigenvalue weighted by molar-refractivity contribution is 5.91. The van der Waals surface area contributed by atoms with Crippen LogP contribution in [0.5, 0.6) is 0 Å². The Morgan fingerprint density at radius 2 is 2.00 bits per heavy atom. The topological polar surface area (TPSA) is 113 Å². The number of β-amino-alcohol motifs (C(OH)–C–C–N with tert-alkyl or cyclic N) is 1. The predicted molar refractivity (Wildman–Crippen MR) is 92.3 cm³/mol. The smallest absolute Gasteiger partial charge is 0.243 e. The number of nitrogens with zero attached hydrogens (tertiary/aromatic N) is 1. The van der Waals surface area contributed by atoms with Gasteiger partial charge in [-0.05, 0) is 24.8 Å². The summed E-state index contributed by atoms with van der Waals surface area (Å²) >= 11 is 0. The van der Waals surface area contributed by atoms with Crippen LogP contribution >= 0.6 is 0 Å². The zero-order chi connectivity index (χ0) is 18.4. The molecule has 0 saturated carbocycles. The van der Waals surface area contributed by atoms with E-state index in [4.69, 9.17) is 5.73 Å². The van der Waals surface area contributed by atoms with Crippen molar-refractivity contribution >= 4 is 17.7 Å². The van der Waals surface area contributed by atoms with Crippen molar-refractivity contribution < 1.29 is 19.5 Å². The highest BCUT2D eigenvalue weighted by Gasteiger charge is 2.38. The van der Waals surface area contributed by atoms with Gasteiger partial charge in [0.25, 0.3) is 0 Å². The number of carbonyl (C=O) groups is 3. The summed E-state index contributed by atoms with van der Waals surface area (Å²) in [5.74, 6) is -1.33. The van der Waals surface area contributed by atoms with Crippen LogP contribution in [0.3, 0.4) is 0 Å². The zero-order valence-corrected chi connectivity index (χ0v) is 14.4. The Morgan fingerprint density at radius 3 is 2.60 bits per heavy atom. The molecule has 0 aliphatic carbocycles. The largest absolute Gasteiger partial charge is 0.391 e. The molecule has 1 heterocycles. The third-order valence-corrected chi connectivity index (χ3v) is 4.45. The number of aliphatic hydroxyl groups excluding tert-OH is 1. The van der Waals surface area contributed by atoms with Crippen molar-refractivity contribution in [3.8, 4) is 0 Å². The third-order valence-electron chi connectivity index (χ3n) is 4.45. The Hall–Kier alpha value is -2.41. The summed E-state index contributed by atoms with van der Waals surface area (Å²) in [5, 5.41) is 12.3. The number of aliphatic hydroxyl groups is 1.